The molecular formula is C30H24N2. The van der Waals surface area contributed by atoms with E-state index in [2.05, 4.69) is 108 Å². The van der Waals surface area contributed by atoms with E-state index >= 15 is 0 Å². The molecule has 0 aromatic heterocycles. The number of nitrogens with one attached hydrogen (secondary N) is 2. The lowest BCUT2D eigenvalue weighted by Gasteiger charge is -2.13. The number of benzene rings is 5. The van der Waals surface area contributed by atoms with Crippen LogP contribution < -0.4 is 10.6 Å². The van der Waals surface area contributed by atoms with Crippen molar-refractivity contribution in [3.05, 3.63) is 133 Å². The Labute approximate surface area is 189 Å². The highest BCUT2D eigenvalue weighted by Gasteiger charge is 2.07. The minimum absolute atomic E-state index is 1.08. The highest BCUT2D eigenvalue weighted by atomic mass is 14.9. The first-order valence-corrected chi connectivity index (χ1v) is 10.8. The third-order valence-corrected chi connectivity index (χ3v) is 5.44. The molecule has 5 aromatic carbocycles. The molecule has 2 nitrogen and oxygen atoms in total. The van der Waals surface area contributed by atoms with E-state index < -0.39 is 0 Å². The molecule has 0 radical (unpaired) electrons. The van der Waals surface area contributed by atoms with Crippen molar-refractivity contribution in [1.29, 1.82) is 0 Å². The SMILES string of the molecule is c1ccc(Nc2ccc(-c3ccccc3-c3ccc(Nc4ccccc4)cc3)cc2)cc1. The van der Waals surface area contributed by atoms with Crippen LogP contribution >= 0.6 is 0 Å². The Morgan fingerprint density at radius 1 is 0.281 bits per heavy atom. The van der Waals surface area contributed by atoms with Crippen molar-refractivity contribution >= 4 is 22.7 Å². The molecular weight excluding hydrogens is 388 g/mol. The maximum atomic E-state index is 3.45. The number of hydrogen-bond donors (Lipinski definition) is 2. The summed E-state index contributed by atoms with van der Waals surface area (Å²) in [6, 6.07) is 46.3. The van der Waals surface area contributed by atoms with Crippen LogP contribution in [-0.4, -0.2) is 0 Å². The Bertz CT molecular complexity index is 1170. The topological polar surface area (TPSA) is 24.1 Å². The zero-order chi connectivity index (χ0) is 21.6. The van der Waals surface area contributed by atoms with Gasteiger partial charge in [0.15, 0.2) is 0 Å². The van der Waals surface area contributed by atoms with Crippen LogP contribution in [0, 0.1) is 0 Å². The fourth-order valence-electron chi connectivity index (χ4n) is 3.83. The number of rotatable bonds is 6. The lowest BCUT2D eigenvalue weighted by molar-refractivity contribution is 1.52. The lowest BCUT2D eigenvalue weighted by Crippen LogP contribution is -1.91. The zero-order valence-electron chi connectivity index (χ0n) is 17.7. The van der Waals surface area contributed by atoms with Gasteiger partial charge in [0.25, 0.3) is 0 Å². The van der Waals surface area contributed by atoms with E-state index in [1.165, 1.54) is 22.3 Å². The van der Waals surface area contributed by atoms with Crippen LogP contribution in [0.15, 0.2) is 133 Å². The summed E-state index contributed by atoms with van der Waals surface area (Å²) < 4.78 is 0. The Hall–Kier alpha value is -4.30. The molecule has 0 atom stereocenters. The quantitative estimate of drug-likeness (QED) is 0.292. The first-order chi connectivity index (χ1) is 15.8. The van der Waals surface area contributed by atoms with Gasteiger partial charge in [-0.05, 0) is 70.8 Å². The van der Waals surface area contributed by atoms with Gasteiger partial charge in [-0.25, -0.2) is 0 Å². The van der Waals surface area contributed by atoms with Gasteiger partial charge in [0.2, 0.25) is 0 Å². The summed E-state index contributed by atoms with van der Waals surface area (Å²) in [7, 11) is 0. The number of para-hydroxylation sites is 2. The minimum Gasteiger partial charge on any atom is -0.356 e. The zero-order valence-corrected chi connectivity index (χ0v) is 17.7. The molecule has 0 unspecified atom stereocenters. The molecule has 0 aliphatic rings. The summed E-state index contributed by atoms with van der Waals surface area (Å²) in [6.07, 6.45) is 0. The van der Waals surface area contributed by atoms with Gasteiger partial charge in [-0.15, -0.1) is 0 Å². The lowest BCUT2D eigenvalue weighted by atomic mass is 9.94. The van der Waals surface area contributed by atoms with Crippen molar-refractivity contribution in [2.75, 3.05) is 10.6 Å². The molecule has 5 aromatic rings. The predicted molar refractivity (Wildman–Crippen MR) is 137 cm³/mol. The average molecular weight is 413 g/mol. The first-order valence-electron chi connectivity index (χ1n) is 10.8. The molecule has 2 heteroatoms. The van der Waals surface area contributed by atoms with E-state index in [0.717, 1.165) is 22.7 Å². The van der Waals surface area contributed by atoms with E-state index in [1.807, 2.05) is 36.4 Å². The van der Waals surface area contributed by atoms with Crippen molar-refractivity contribution in [2.45, 2.75) is 0 Å². The van der Waals surface area contributed by atoms with E-state index in [-0.39, 0.29) is 0 Å². The van der Waals surface area contributed by atoms with E-state index in [0.29, 0.717) is 0 Å². The smallest absolute Gasteiger partial charge is 0.0384 e. The third-order valence-electron chi connectivity index (χ3n) is 5.44. The summed E-state index contributed by atoms with van der Waals surface area (Å²) in [5, 5.41) is 6.90. The molecule has 2 N–H and O–H groups in total. The number of anilines is 4. The van der Waals surface area contributed by atoms with Gasteiger partial charge >= 0.3 is 0 Å². The Morgan fingerprint density at radius 3 is 0.969 bits per heavy atom. The molecule has 154 valence electrons. The monoisotopic (exact) mass is 412 g/mol. The second-order valence-corrected chi connectivity index (χ2v) is 7.68. The largest absolute Gasteiger partial charge is 0.356 e. The summed E-state index contributed by atoms with van der Waals surface area (Å²) >= 11 is 0. The van der Waals surface area contributed by atoms with Crippen molar-refractivity contribution in [2.24, 2.45) is 0 Å². The van der Waals surface area contributed by atoms with Gasteiger partial charge in [-0.1, -0.05) is 84.9 Å². The van der Waals surface area contributed by atoms with Crippen molar-refractivity contribution in [3.8, 4) is 22.3 Å². The summed E-state index contributed by atoms with van der Waals surface area (Å²) in [4.78, 5) is 0. The second-order valence-electron chi connectivity index (χ2n) is 7.68. The van der Waals surface area contributed by atoms with Crippen LogP contribution in [-0.2, 0) is 0 Å². The Balaban J connectivity index is 1.38. The summed E-state index contributed by atoms with van der Waals surface area (Å²) in [5.74, 6) is 0. The van der Waals surface area contributed by atoms with Gasteiger partial charge in [0.1, 0.15) is 0 Å². The van der Waals surface area contributed by atoms with Gasteiger partial charge in [0.05, 0.1) is 0 Å². The molecule has 32 heavy (non-hydrogen) atoms. The molecule has 0 bridgehead atoms. The summed E-state index contributed by atoms with van der Waals surface area (Å²) in [5.41, 5.74) is 9.18. The average Bonchev–Trinajstić information content (AvgIpc) is 2.86. The van der Waals surface area contributed by atoms with E-state index in [4.69, 9.17) is 0 Å². The van der Waals surface area contributed by atoms with Crippen LogP contribution in [0.2, 0.25) is 0 Å². The molecule has 0 amide bonds. The van der Waals surface area contributed by atoms with Gasteiger partial charge in [0, 0.05) is 22.7 Å². The van der Waals surface area contributed by atoms with Crippen molar-refractivity contribution in [3.63, 3.8) is 0 Å². The van der Waals surface area contributed by atoms with Crippen LogP contribution in [0.25, 0.3) is 22.3 Å². The van der Waals surface area contributed by atoms with Crippen molar-refractivity contribution in [1.82, 2.24) is 0 Å². The Morgan fingerprint density at radius 2 is 0.594 bits per heavy atom. The van der Waals surface area contributed by atoms with Gasteiger partial charge < -0.3 is 10.6 Å². The molecule has 0 heterocycles. The fourth-order valence-corrected chi connectivity index (χ4v) is 3.83. The third kappa shape index (κ3) is 4.55. The van der Waals surface area contributed by atoms with Gasteiger partial charge in [-0.3, -0.25) is 0 Å². The molecule has 0 aliphatic heterocycles. The van der Waals surface area contributed by atoms with Crippen LogP contribution in [0.3, 0.4) is 0 Å². The highest BCUT2D eigenvalue weighted by Crippen LogP contribution is 2.33. The molecule has 0 aliphatic carbocycles. The first kappa shape index (κ1) is 19.7. The Kier molecular flexibility index (Phi) is 5.67. The van der Waals surface area contributed by atoms with Crippen LogP contribution in [0.4, 0.5) is 22.7 Å². The molecule has 0 saturated carbocycles. The van der Waals surface area contributed by atoms with Crippen LogP contribution in [0.5, 0.6) is 0 Å². The second kappa shape index (κ2) is 9.23. The van der Waals surface area contributed by atoms with E-state index in [1.54, 1.807) is 0 Å². The fraction of sp³-hybridized carbons (Fsp3) is 0. The van der Waals surface area contributed by atoms with Gasteiger partial charge in [-0.2, -0.15) is 0 Å². The molecule has 0 fully saturated rings. The normalized spacial score (nSPS) is 10.5. The minimum atomic E-state index is 1.08. The standard InChI is InChI=1S/C30H24N2/c1-3-9-25(10-4-1)31-27-19-15-23(16-20-27)29-13-7-8-14-30(29)24-17-21-28(22-18-24)32-26-11-5-2-6-12-26/h1-22,31-32H. The molecule has 0 saturated heterocycles. The predicted octanol–water partition coefficient (Wildman–Crippen LogP) is 8.51. The molecule has 5 rings (SSSR count). The molecule has 0 spiro atoms. The van der Waals surface area contributed by atoms with Crippen LogP contribution in [0.1, 0.15) is 0 Å². The number of hydrogen-bond acceptors (Lipinski definition) is 2. The van der Waals surface area contributed by atoms with Crippen molar-refractivity contribution < 1.29 is 0 Å². The highest BCUT2D eigenvalue weighted by molar-refractivity contribution is 5.84. The van der Waals surface area contributed by atoms with E-state index in [9.17, 15) is 0 Å². The summed E-state index contributed by atoms with van der Waals surface area (Å²) in [6.45, 7) is 0. The maximum Gasteiger partial charge on any atom is 0.0384 e. The maximum absolute atomic E-state index is 3.45.